The van der Waals surface area contributed by atoms with Crippen molar-refractivity contribution in [2.75, 3.05) is 18.8 Å². The van der Waals surface area contributed by atoms with Crippen LogP contribution < -0.4 is 0 Å². The van der Waals surface area contributed by atoms with Crippen molar-refractivity contribution in [3.8, 4) is 11.5 Å². The molecule has 1 aliphatic heterocycles. The van der Waals surface area contributed by atoms with E-state index in [1.165, 1.54) is 11.8 Å². The van der Waals surface area contributed by atoms with E-state index >= 15 is 0 Å². The van der Waals surface area contributed by atoms with E-state index in [9.17, 15) is 9.59 Å². The predicted octanol–water partition coefficient (Wildman–Crippen LogP) is 2.51. The van der Waals surface area contributed by atoms with E-state index in [1.807, 2.05) is 30.3 Å². The van der Waals surface area contributed by atoms with Gasteiger partial charge in [-0.05, 0) is 18.6 Å². The van der Waals surface area contributed by atoms with Gasteiger partial charge < -0.3 is 14.4 Å². The lowest BCUT2D eigenvalue weighted by Gasteiger charge is -2.15. The zero-order valence-electron chi connectivity index (χ0n) is 13.1. The van der Waals surface area contributed by atoms with E-state index in [2.05, 4.69) is 4.98 Å². The third-order valence-electron chi connectivity index (χ3n) is 3.94. The maximum Gasteiger partial charge on any atom is 0.308 e. The van der Waals surface area contributed by atoms with Crippen LogP contribution in [-0.4, -0.2) is 45.7 Å². The quantitative estimate of drug-likeness (QED) is 0.865. The molecule has 6 nitrogen and oxygen atoms in total. The molecule has 2 aromatic rings. The van der Waals surface area contributed by atoms with Gasteiger partial charge in [0.15, 0.2) is 0 Å². The second-order valence-electron chi connectivity index (χ2n) is 5.67. The van der Waals surface area contributed by atoms with Crippen LogP contribution in [0.15, 0.2) is 41.0 Å². The highest BCUT2D eigenvalue weighted by atomic mass is 32.2. The number of carbonyl (C=O) groups excluding carboxylic acids is 1. The van der Waals surface area contributed by atoms with Crippen LogP contribution in [0.2, 0.25) is 0 Å². The summed E-state index contributed by atoms with van der Waals surface area (Å²) in [4.78, 5) is 29.1. The zero-order chi connectivity index (χ0) is 16.9. The molecule has 1 aromatic carbocycles. The van der Waals surface area contributed by atoms with Crippen LogP contribution in [0, 0.1) is 5.92 Å². The molecule has 7 heteroatoms. The lowest BCUT2D eigenvalue weighted by Crippen LogP contribution is -2.31. The fourth-order valence-electron chi connectivity index (χ4n) is 2.61. The number of rotatable bonds is 6. The van der Waals surface area contributed by atoms with Crippen molar-refractivity contribution >= 4 is 23.6 Å². The van der Waals surface area contributed by atoms with Gasteiger partial charge in [-0.2, -0.15) is 0 Å². The average Bonchev–Trinajstić information content (AvgIpc) is 3.25. The Balaban J connectivity index is 1.46. The Labute approximate surface area is 143 Å². The van der Waals surface area contributed by atoms with Gasteiger partial charge in [0.25, 0.3) is 0 Å². The summed E-state index contributed by atoms with van der Waals surface area (Å²) in [6.45, 7) is 0.843. The van der Waals surface area contributed by atoms with E-state index in [-0.39, 0.29) is 5.91 Å². The van der Waals surface area contributed by atoms with Gasteiger partial charge in [-0.1, -0.05) is 18.2 Å². The number of carboxylic acids is 1. The number of hydrogen-bond acceptors (Lipinski definition) is 5. The van der Waals surface area contributed by atoms with E-state index < -0.39 is 11.9 Å². The molecule has 3 rings (SSSR count). The largest absolute Gasteiger partial charge is 0.481 e. The third-order valence-corrected chi connectivity index (χ3v) is 4.89. The standard InChI is InChI=1S/C17H18N2O4S/c20-15(19-7-6-13(8-19)17(21)22)11-24-10-14-9-23-16(18-14)12-4-2-1-3-5-12/h1-5,9,13H,6-8,10-11H2,(H,21,22). The molecule has 0 aliphatic carbocycles. The summed E-state index contributed by atoms with van der Waals surface area (Å²) in [6, 6.07) is 9.64. The molecular weight excluding hydrogens is 328 g/mol. The summed E-state index contributed by atoms with van der Waals surface area (Å²) in [5, 5.41) is 8.97. The summed E-state index contributed by atoms with van der Waals surface area (Å²) in [6.07, 6.45) is 2.14. The van der Waals surface area contributed by atoms with Gasteiger partial charge in [-0.15, -0.1) is 11.8 Å². The second kappa shape index (κ2) is 7.53. The number of likely N-dealkylation sites (tertiary alicyclic amines) is 1. The number of nitrogens with zero attached hydrogens (tertiary/aromatic N) is 2. The molecule has 126 valence electrons. The Morgan fingerprint density at radius 1 is 1.33 bits per heavy atom. The van der Waals surface area contributed by atoms with E-state index in [1.54, 1.807) is 11.2 Å². The highest BCUT2D eigenvalue weighted by Gasteiger charge is 2.30. The Bertz CT molecular complexity index is 716. The lowest BCUT2D eigenvalue weighted by molar-refractivity contribution is -0.141. The molecule has 0 saturated carbocycles. The molecule has 1 amide bonds. The Morgan fingerprint density at radius 3 is 2.83 bits per heavy atom. The van der Waals surface area contributed by atoms with Crippen LogP contribution in [0.4, 0.5) is 0 Å². The molecule has 0 spiro atoms. The number of carboxylic acid groups (broad SMARTS) is 1. The van der Waals surface area contributed by atoms with Crippen LogP contribution in [-0.2, 0) is 15.3 Å². The molecule has 1 aromatic heterocycles. The first-order valence-electron chi connectivity index (χ1n) is 7.71. The van der Waals surface area contributed by atoms with Crippen molar-refractivity contribution in [1.82, 2.24) is 9.88 Å². The van der Waals surface area contributed by atoms with E-state index in [4.69, 9.17) is 9.52 Å². The summed E-state index contributed by atoms with van der Waals surface area (Å²) in [5.41, 5.74) is 1.71. The van der Waals surface area contributed by atoms with Crippen molar-refractivity contribution < 1.29 is 19.1 Å². The minimum absolute atomic E-state index is 0.0180. The normalized spacial score (nSPS) is 17.2. The minimum Gasteiger partial charge on any atom is -0.481 e. The molecule has 1 unspecified atom stereocenters. The Hall–Kier alpha value is -2.28. The maximum absolute atomic E-state index is 12.1. The highest BCUT2D eigenvalue weighted by Crippen LogP contribution is 2.21. The lowest BCUT2D eigenvalue weighted by atomic mass is 10.1. The Kier molecular flexibility index (Phi) is 5.20. The number of aromatic nitrogens is 1. The molecule has 1 N–H and O–H groups in total. The average molecular weight is 346 g/mol. The smallest absolute Gasteiger partial charge is 0.308 e. The van der Waals surface area contributed by atoms with Crippen LogP contribution in [0.1, 0.15) is 12.1 Å². The zero-order valence-corrected chi connectivity index (χ0v) is 13.9. The second-order valence-corrected chi connectivity index (χ2v) is 6.65. The SMILES string of the molecule is O=C(O)C1CCN(C(=O)CSCc2coc(-c3ccccc3)n2)C1. The van der Waals surface area contributed by atoms with Crippen LogP contribution >= 0.6 is 11.8 Å². The first-order chi connectivity index (χ1) is 11.6. The molecule has 0 radical (unpaired) electrons. The van der Waals surface area contributed by atoms with Crippen molar-refractivity contribution in [2.24, 2.45) is 5.92 Å². The number of benzene rings is 1. The van der Waals surface area contributed by atoms with Crippen molar-refractivity contribution in [2.45, 2.75) is 12.2 Å². The molecular formula is C17H18N2O4S. The van der Waals surface area contributed by atoms with Crippen LogP contribution in [0.3, 0.4) is 0 Å². The summed E-state index contributed by atoms with van der Waals surface area (Å²) >= 11 is 1.46. The van der Waals surface area contributed by atoms with Gasteiger partial charge in [-0.3, -0.25) is 9.59 Å². The van der Waals surface area contributed by atoms with Gasteiger partial charge in [0.05, 0.1) is 17.4 Å². The molecule has 1 fully saturated rings. The predicted molar refractivity (Wildman–Crippen MR) is 90.4 cm³/mol. The van der Waals surface area contributed by atoms with Crippen LogP contribution in [0.5, 0.6) is 0 Å². The molecule has 24 heavy (non-hydrogen) atoms. The topological polar surface area (TPSA) is 83.6 Å². The van der Waals surface area contributed by atoms with Gasteiger partial charge in [0.2, 0.25) is 11.8 Å². The summed E-state index contributed by atoms with van der Waals surface area (Å²) in [5.74, 6) is 0.201. The molecule has 2 heterocycles. The van der Waals surface area contributed by atoms with Gasteiger partial charge in [0, 0.05) is 24.4 Å². The van der Waals surface area contributed by atoms with Crippen molar-refractivity contribution in [1.29, 1.82) is 0 Å². The first kappa shape index (κ1) is 16.6. The number of aliphatic carboxylic acids is 1. The van der Waals surface area contributed by atoms with Gasteiger partial charge in [-0.25, -0.2) is 4.98 Å². The summed E-state index contributed by atoms with van der Waals surface area (Å²) < 4.78 is 5.46. The fraction of sp³-hybridized carbons (Fsp3) is 0.353. The number of oxazole rings is 1. The number of amides is 1. The van der Waals surface area contributed by atoms with Crippen molar-refractivity contribution in [3.05, 3.63) is 42.3 Å². The number of hydrogen-bond donors (Lipinski definition) is 1. The van der Waals surface area contributed by atoms with Crippen LogP contribution in [0.25, 0.3) is 11.5 Å². The van der Waals surface area contributed by atoms with E-state index in [0.717, 1.165) is 11.3 Å². The Morgan fingerprint density at radius 2 is 2.12 bits per heavy atom. The maximum atomic E-state index is 12.1. The highest BCUT2D eigenvalue weighted by molar-refractivity contribution is 7.99. The minimum atomic E-state index is -0.825. The monoisotopic (exact) mass is 346 g/mol. The molecule has 1 aliphatic rings. The van der Waals surface area contributed by atoms with Crippen molar-refractivity contribution in [3.63, 3.8) is 0 Å². The third kappa shape index (κ3) is 3.97. The molecule has 1 atom stereocenters. The van der Waals surface area contributed by atoms with Gasteiger partial charge in [0.1, 0.15) is 6.26 Å². The molecule has 0 bridgehead atoms. The summed E-state index contributed by atoms with van der Waals surface area (Å²) in [7, 11) is 0. The molecule has 1 saturated heterocycles. The van der Waals surface area contributed by atoms with E-state index in [0.29, 0.717) is 36.9 Å². The number of carbonyl (C=O) groups is 2. The number of thioether (sulfide) groups is 1. The fourth-order valence-corrected chi connectivity index (χ4v) is 3.41. The first-order valence-corrected chi connectivity index (χ1v) is 8.87. The van der Waals surface area contributed by atoms with Gasteiger partial charge >= 0.3 is 5.97 Å².